The van der Waals surface area contributed by atoms with E-state index in [0.29, 0.717) is 12.8 Å². The van der Waals surface area contributed by atoms with Crippen molar-refractivity contribution in [3.05, 3.63) is 34.3 Å². The summed E-state index contributed by atoms with van der Waals surface area (Å²) in [6.45, 7) is 1.93. The lowest BCUT2D eigenvalue weighted by atomic mass is 9.94. The number of benzene rings is 1. The van der Waals surface area contributed by atoms with Gasteiger partial charge >= 0.3 is 6.18 Å². The van der Waals surface area contributed by atoms with E-state index >= 15 is 0 Å². The Kier molecular flexibility index (Phi) is 7.88. The van der Waals surface area contributed by atoms with Crippen LogP contribution in [-0.2, 0) is 6.18 Å². The number of aliphatic hydroxyl groups is 1. The van der Waals surface area contributed by atoms with Crippen molar-refractivity contribution in [3.63, 3.8) is 0 Å². The van der Waals surface area contributed by atoms with Crippen LogP contribution in [0.5, 0.6) is 0 Å². The van der Waals surface area contributed by atoms with Gasteiger partial charge in [-0.2, -0.15) is 13.2 Å². The fourth-order valence-electron chi connectivity index (χ4n) is 1.86. The molecule has 0 radical (unpaired) electrons. The van der Waals surface area contributed by atoms with Crippen molar-refractivity contribution in [1.29, 1.82) is 0 Å². The largest absolute Gasteiger partial charge is 0.416 e. The fourth-order valence-corrected chi connectivity index (χ4v) is 2.04. The highest BCUT2D eigenvalue weighted by molar-refractivity contribution is 6.30. The molecule has 0 aliphatic heterocycles. The van der Waals surface area contributed by atoms with Gasteiger partial charge in [0.1, 0.15) is 0 Å². The van der Waals surface area contributed by atoms with E-state index in [2.05, 4.69) is 0 Å². The number of hydrogen-bond donors (Lipinski definition) is 2. The Bertz CT molecular complexity index is 427. The Hall–Kier alpha value is -0.490. The van der Waals surface area contributed by atoms with Crippen molar-refractivity contribution < 1.29 is 18.3 Å². The van der Waals surface area contributed by atoms with E-state index < -0.39 is 23.9 Å². The van der Waals surface area contributed by atoms with Gasteiger partial charge in [0.15, 0.2) is 0 Å². The number of alkyl halides is 3. The summed E-state index contributed by atoms with van der Waals surface area (Å²) >= 11 is 5.59. The quantitative estimate of drug-likeness (QED) is 0.843. The number of hydrogen-bond acceptors (Lipinski definition) is 2. The van der Waals surface area contributed by atoms with Gasteiger partial charge in [0, 0.05) is 5.02 Å². The van der Waals surface area contributed by atoms with Crippen LogP contribution in [0.25, 0.3) is 0 Å². The minimum atomic E-state index is -4.54. The van der Waals surface area contributed by atoms with E-state index in [4.69, 9.17) is 17.3 Å². The van der Waals surface area contributed by atoms with E-state index in [-0.39, 0.29) is 23.0 Å². The van der Waals surface area contributed by atoms with Gasteiger partial charge in [-0.3, -0.25) is 0 Å². The zero-order chi connectivity index (χ0) is 14.6. The summed E-state index contributed by atoms with van der Waals surface area (Å²) < 4.78 is 38.7. The Labute approximate surface area is 127 Å². The molecule has 0 saturated carbocycles. The standard InChI is InChI=1S/C13H17ClF3NO.ClH/c1-2-3-4-11(19)12(18)9-6-5-8(14)7-10(9)13(15,16)17;/h5-7,11-12,19H,2-4,18H2,1H3;1H/t11-,12+;/m0./s1. The molecule has 0 aliphatic carbocycles. The summed E-state index contributed by atoms with van der Waals surface area (Å²) in [7, 11) is 0. The Morgan fingerprint density at radius 3 is 2.45 bits per heavy atom. The summed E-state index contributed by atoms with van der Waals surface area (Å²) in [6.07, 6.45) is -3.61. The topological polar surface area (TPSA) is 46.2 Å². The van der Waals surface area contributed by atoms with Crippen molar-refractivity contribution >= 4 is 24.0 Å². The van der Waals surface area contributed by atoms with Crippen molar-refractivity contribution in [2.45, 2.75) is 44.5 Å². The smallest absolute Gasteiger partial charge is 0.391 e. The molecule has 0 unspecified atom stereocenters. The van der Waals surface area contributed by atoms with Gasteiger partial charge in [0.25, 0.3) is 0 Å². The van der Waals surface area contributed by atoms with Crippen LogP contribution in [0.1, 0.15) is 43.4 Å². The molecule has 0 aliphatic rings. The van der Waals surface area contributed by atoms with E-state index in [9.17, 15) is 18.3 Å². The van der Waals surface area contributed by atoms with Gasteiger partial charge in [0.2, 0.25) is 0 Å². The first-order chi connectivity index (χ1) is 8.77. The third kappa shape index (κ3) is 5.13. The van der Waals surface area contributed by atoms with E-state index in [1.54, 1.807) is 0 Å². The third-order valence-electron chi connectivity index (χ3n) is 2.95. The van der Waals surface area contributed by atoms with Crippen LogP contribution in [0, 0.1) is 0 Å². The van der Waals surface area contributed by atoms with Crippen LogP contribution < -0.4 is 5.73 Å². The first kappa shape index (κ1) is 19.5. The molecule has 1 aromatic rings. The molecule has 2 atom stereocenters. The first-order valence-electron chi connectivity index (χ1n) is 6.07. The molecular formula is C13H18Cl2F3NO. The predicted molar refractivity (Wildman–Crippen MR) is 76.2 cm³/mol. The second kappa shape index (κ2) is 8.08. The average Bonchev–Trinajstić information content (AvgIpc) is 2.34. The second-order valence-corrected chi connectivity index (χ2v) is 4.90. The minimum absolute atomic E-state index is 0. The molecule has 0 spiro atoms. The van der Waals surface area contributed by atoms with Gasteiger partial charge in [-0.25, -0.2) is 0 Å². The number of rotatable bonds is 5. The fraction of sp³-hybridized carbons (Fsp3) is 0.538. The van der Waals surface area contributed by atoms with Crippen LogP contribution in [0.2, 0.25) is 5.02 Å². The molecule has 116 valence electrons. The van der Waals surface area contributed by atoms with Crippen LogP contribution in [-0.4, -0.2) is 11.2 Å². The maximum absolute atomic E-state index is 12.9. The summed E-state index contributed by atoms with van der Waals surface area (Å²) in [4.78, 5) is 0. The van der Waals surface area contributed by atoms with E-state index in [1.165, 1.54) is 12.1 Å². The average molecular weight is 332 g/mol. The minimum Gasteiger partial charge on any atom is -0.391 e. The number of aliphatic hydroxyl groups excluding tert-OH is 1. The van der Waals surface area contributed by atoms with Crippen molar-refractivity contribution in [2.24, 2.45) is 5.73 Å². The summed E-state index contributed by atoms with van der Waals surface area (Å²) in [5, 5.41) is 9.83. The van der Waals surface area contributed by atoms with Crippen LogP contribution >= 0.6 is 24.0 Å². The highest BCUT2D eigenvalue weighted by Crippen LogP contribution is 2.36. The molecule has 1 aromatic carbocycles. The third-order valence-corrected chi connectivity index (χ3v) is 3.18. The molecule has 0 fully saturated rings. The molecule has 2 nitrogen and oxygen atoms in total. The summed E-state index contributed by atoms with van der Waals surface area (Å²) in [5.41, 5.74) is 4.72. The molecule has 1 rings (SSSR count). The maximum atomic E-state index is 12.9. The zero-order valence-corrected chi connectivity index (χ0v) is 12.5. The highest BCUT2D eigenvalue weighted by Gasteiger charge is 2.36. The van der Waals surface area contributed by atoms with Crippen LogP contribution in [0.4, 0.5) is 13.2 Å². The molecule has 0 aromatic heterocycles. The molecule has 7 heteroatoms. The zero-order valence-electron chi connectivity index (χ0n) is 11.0. The molecule has 0 heterocycles. The Balaban J connectivity index is 0.00000361. The van der Waals surface area contributed by atoms with Crippen molar-refractivity contribution in [2.75, 3.05) is 0 Å². The maximum Gasteiger partial charge on any atom is 0.416 e. The lowest BCUT2D eigenvalue weighted by molar-refractivity contribution is -0.138. The molecule has 3 N–H and O–H groups in total. The summed E-state index contributed by atoms with van der Waals surface area (Å²) in [6, 6.07) is 2.34. The first-order valence-corrected chi connectivity index (χ1v) is 6.45. The number of nitrogens with two attached hydrogens (primary N) is 1. The second-order valence-electron chi connectivity index (χ2n) is 4.46. The van der Waals surface area contributed by atoms with Crippen molar-refractivity contribution in [3.8, 4) is 0 Å². The summed E-state index contributed by atoms with van der Waals surface area (Å²) in [5.74, 6) is 0. The molecule has 0 bridgehead atoms. The molecule has 0 saturated heterocycles. The molecule has 0 amide bonds. The highest BCUT2D eigenvalue weighted by atomic mass is 35.5. The van der Waals surface area contributed by atoms with Gasteiger partial charge in [0.05, 0.1) is 17.7 Å². The van der Waals surface area contributed by atoms with Gasteiger partial charge in [-0.15, -0.1) is 12.4 Å². The SMILES string of the molecule is CCCC[C@H](O)[C@H](N)c1ccc(Cl)cc1C(F)(F)F.Cl. The van der Waals surface area contributed by atoms with Crippen LogP contribution in [0.3, 0.4) is 0 Å². The molecule has 20 heavy (non-hydrogen) atoms. The van der Waals surface area contributed by atoms with Gasteiger partial charge in [-0.05, 0) is 24.1 Å². The van der Waals surface area contributed by atoms with E-state index in [0.717, 1.165) is 12.5 Å². The monoisotopic (exact) mass is 331 g/mol. The molecular weight excluding hydrogens is 314 g/mol. The van der Waals surface area contributed by atoms with Crippen molar-refractivity contribution in [1.82, 2.24) is 0 Å². The Morgan fingerprint density at radius 1 is 1.35 bits per heavy atom. The number of unbranched alkanes of at least 4 members (excludes halogenated alkanes) is 1. The van der Waals surface area contributed by atoms with Gasteiger partial charge < -0.3 is 10.8 Å². The number of halogens is 5. The predicted octanol–water partition coefficient (Wildman–Crippen LogP) is 4.33. The van der Waals surface area contributed by atoms with Gasteiger partial charge in [-0.1, -0.05) is 37.4 Å². The normalized spacial score (nSPS) is 14.6. The lowest BCUT2D eigenvalue weighted by Crippen LogP contribution is -2.28. The van der Waals surface area contributed by atoms with E-state index in [1.807, 2.05) is 6.92 Å². The lowest BCUT2D eigenvalue weighted by Gasteiger charge is -2.23. The Morgan fingerprint density at radius 2 is 1.95 bits per heavy atom. The van der Waals surface area contributed by atoms with Crippen LogP contribution in [0.15, 0.2) is 18.2 Å².